The molecule has 0 N–H and O–H groups in total. The SMILES string of the molecule is O=C([O-])[C@@H](Cc1ccccc1)c1ccccc1. The molecule has 2 aromatic carbocycles. The molecular formula is C15H13O2-. The first-order valence-corrected chi connectivity index (χ1v) is 5.57. The fourth-order valence-corrected chi connectivity index (χ4v) is 1.87. The molecule has 0 fully saturated rings. The van der Waals surface area contributed by atoms with Crippen molar-refractivity contribution in [3.05, 3.63) is 71.8 Å². The molecule has 17 heavy (non-hydrogen) atoms. The lowest BCUT2D eigenvalue weighted by molar-refractivity contribution is -0.308. The highest BCUT2D eigenvalue weighted by atomic mass is 16.4. The van der Waals surface area contributed by atoms with Crippen molar-refractivity contribution >= 4 is 5.97 Å². The van der Waals surface area contributed by atoms with Crippen LogP contribution in [-0.4, -0.2) is 5.97 Å². The van der Waals surface area contributed by atoms with Crippen LogP contribution in [0.5, 0.6) is 0 Å². The Labute approximate surface area is 101 Å². The normalized spacial score (nSPS) is 12.0. The van der Waals surface area contributed by atoms with Gasteiger partial charge >= 0.3 is 0 Å². The summed E-state index contributed by atoms with van der Waals surface area (Å²) in [4.78, 5) is 11.2. The number of benzene rings is 2. The van der Waals surface area contributed by atoms with Crippen LogP contribution in [0.1, 0.15) is 17.0 Å². The van der Waals surface area contributed by atoms with Gasteiger partial charge in [0.25, 0.3) is 0 Å². The Bertz CT molecular complexity index is 477. The second-order valence-electron chi connectivity index (χ2n) is 3.97. The van der Waals surface area contributed by atoms with Gasteiger partial charge in [-0.2, -0.15) is 0 Å². The summed E-state index contributed by atoms with van der Waals surface area (Å²) in [5, 5.41) is 11.2. The van der Waals surface area contributed by atoms with Gasteiger partial charge in [-0.25, -0.2) is 0 Å². The van der Waals surface area contributed by atoms with E-state index in [1.54, 1.807) is 0 Å². The zero-order chi connectivity index (χ0) is 12.1. The Hall–Kier alpha value is -2.09. The van der Waals surface area contributed by atoms with Crippen molar-refractivity contribution in [1.29, 1.82) is 0 Å². The van der Waals surface area contributed by atoms with E-state index in [0.29, 0.717) is 6.42 Å². The van der Waals surface area contributed by atoms with Gasteiger partial charge < -0.3 is 9.90 Å². The lowest BCUT2D eigenvalue weighted by atomic mass is 9.92. The third-order valence-corrected chi connectivity index (χ3v) is 2.77. The molecule has 0 saturated carbocycles. The van der Waals surface area contributed by atoms with Crippen molar-refractivity contribution in [2.75, 3.05) is 0 Å². The molecule has 0 heterocycles. The van der Waals surface area contributed by atoms with E-state index in [4.69, 9.17) is 0 Å². The van der Waals surface area contributed by atoms with Crippen LogP contribution in [0.2, 0.25) is 0 Å². The summed E-state index contributed by atoms with van der Waals surface area (Å²) in [5.74, 6) is -1.61. The van der Waals surface area contributed by atoms with Gasteiger partial charge in [0.05, 0.1) is 0 Å². The predicted octanol–water partition coefficient (Wildman–Crippen LogP) is 1.76. The highest BCUT2D eigenvalue weighted by Crippen LogP contribution is 2.20. The molecule has 86 valence electrons. The first kappa shape index (κ1) is 11.4. The van der Waals surface area contributed by atoms with Crippen molar-refractivity contribution < 1.29 is 9.90 Å². The van der Waals surface area contributed by atoms with Crippen LogP contribution in [-0.2, 0) is 11.2 Å². The second-order valence-corrected chi connectivity index (χ2v) is 3.97. The summed E-state index contributed by atoms with van der Waals surface area (Å²) >= 11 is 0. The maximum Gasteiger partial charge on any atom is 0.0492 e. The zero-order valence-corrected chi connectivity index (χ0v) is 9.37. The van der Waals surface area contributed by atoms with Gasteiger partial charge in [-0.15, -0.1) is 0 Å². The molecule has 0 aliphatic carbocycles. The van der Waals surface area contributed by atoms with Gasteiger partial charge in [-0.05, 0) is 17.5 Å². The number of hydrogen-bond acceptors (Lipinski definition) is 2. The molecule has 0 aliphatic rings. The molecule has 0 unspecified atom stereocenters. The van der Waals surface area contributed by atoms with Crippen LogP contribution in [0, 0.1) is 0 Å². The van der Waals surface area contributed by atoms with E-state index in [1.165, 1.54) is 0 Å². The number of carbonyl (C=O) groups is 1. The number of rotatable bonds is 4. The predicted molar refractivity (Wildman–Crippen MR) is 64.3 cm³/mol. The first-order chi connectivity index (χ1) is 8.27. The Morgan fingerprint density at radius 2 is 1.47 bits per heavy atom. The Morgan fingerprint density at radius 1 is 0.941 bits per heavy atom. The minimum Gasteiger partial charge on any atom is -0.549 e. The van der Waals surface area contributed by atoms with Crippen LogP contribution in [0.4, 0.5) is 0 Å². The molecule has 2 nitrogen and oxygen atoms in total. The van der Waals surface area contributed by atoms with Gasteiger partial charge in [-0.1, -0.05) is 60.7 Å². The summed E-state index contributed by atoms with van der Waals surface area (Å²) in [6, 6.07) is 18.8. The van der Waals surface area contributed by atoms with E-state index in [0.717, 1.165) is 11.1 Å². The molecular weight excluding hydrogens is 212 g/mol. The first-order valence-electron chi connectivity index (χ1n) is 5.57. The van der Waals surface area contributed by atoms with Gasteiger partial charge in [0.15, 0.2) is 0 Å². The van der Waals surface area contributed by atoms with E-state index >= 15 is 0 Å². The van der Waals surface area contributed by atoms with Crippen molar-refractivity contribution in [2.24, 2.45) is 0 Å². The van der Waals surface area contributed by atoms with Crippen LogP contribution in [0.15, 0.2) is 60.7 Å². The quantitative estimate of drug-likeness (QED) is 0.795. The molecule has 0 saturated heterocycles. The standard InChI is InChI=1S/C15H14O2/c16-15(17)14(13-9-5-2-6-10-13)11-12-7-3-1-4-8-12/h1-10,14H,11H2,(H,16,17)/p-1/t14-/m0/s1. The number of hydrogen-bond donors (Lipinski definition) is 0. The summed E-state index contributed by atoms with van der Waals surface area (Å²) in [5.41, 5.74) is 1.79. The highest BCUT2D eigenvalue weighted by Gasteiger charge is 2.12. The van der Waals surface area contributed by atoms with Crippen molar-refractivity contribution in [3.8, 4) is 0 Å². The summed E-state index contributed by atoms with van der Waals surface area (Å²) in [7, 11) is 0. The average Bonchev–Trinajstić information content (AvgIpc) is 2.38. The Morgan fingerprint density at radius 3 is 2.00 bits per heavy atom. The molecule has 0 bridgehead atoms. The largest absolute Gasteiger partial charge is 0.549 e. The minimum absolute atomic E-state index is 0.465. The number of aliphatic carboxylic acids is 1. The van der Waals surface area contributed by atoms with Crippen molar-refractivity contribution in [1.82, 2.24) is 0 Å². The lowest BCUT2D eigenvalue weighted by Gasteiger charge is -2.18. The second kappa shape index (κ2) is 5.30. The van der Waals surface area contributed by atoms with E-state index < -0.39 is 11.9 Å². The van der Waals surface area contributed by atoms with Gasteiger partial charge in [0.1, 0.15) is 0 Å². The minimum atomic E-state index is -1.03. The van der Waals surface area contributed by atoms with Crippen molar-refractivity contribution in [2.45, 2.75) is 12.3 Å². The molecule has 2 heteroatoms. The Balaban J connectivity index is 2.23. The Kier molecular flexibility index (Phi) is 3.55. The summed E-state index contributed by atoms with van der Waals surface area (Å²) in [6.07, 6.45) is 0.465. The highest BCUT2D eigenvalue weighted by molar-refractivity contribution is 5.74. The van der Waals surface area contributed by atoms with E-state index in [-0.39, 0.29) is 0 Å². The lowest BCUT2D eigenvalue weighted by Crippen LogP contribution is -2.31. The molecule has 0 radical (unpaired) electrons. The molecule has 1 atom stereocenters. The van der Waals surface area contributed by atoms with Crippen molar-refractivity contribution in [3.63, 3.8) is 0 Å². The monoisotopic (exact) mass is 225 g/mol. The average molecular weight is 225 g/mol. The van der Waals surface area contributed by atoms with Crippen LogP contribution in [0.3, 0.4) is 0 Å². The molecule has 0 aromatic heterocycles. The third-order valence-electron chi connectivity index (χ3n) is 2.77. The zero-order valence-electron chi connectivity index (χ0n) is 9.37. The molecule has 0 amide bonds. The van der Waals surface area contributed by atoms with Gasteiger partial charge in [0, 0.05) is 11.9 Å². The fraction of sp³-hybridized carbons (Fsp3) is 0.133. The fourth-order valence-electron chi connectivity index (χ4n) is 1.87. The molecule has 0 spiro atoms. The maximum atomic E-state index is 11.2. The van der Waals surface area contributed by atoms with Gasteiger partial charge in [-0.3, -0.25) is 0 Å². The number of carboxylic acids is 1. The molecule has 0 aliphatic heterocycles. The van der Waals surface area contributed by atoms with E-state index in [2.05, 4.69) is 0 Å². The third kappa shape index (κ3) is 2.94. The summed E-state index contributed by atoms with van der Waals surface area (Å²) < 4.78 is 0. The smallest absolute Gasteiger partial charge is 0.0492 e. The topological polar surface area (TPSA) is 40.1 Å². The van der Waals surface area contributed by atoms with Gasteiger partial charge in [0.2, 0.25) is 0 Å². The van der Waals surface area contributed by atoms with Crippen LogP contribution < -0.4 is 5.11 Å². The van der Waals surface area contributed by atoms with E-state index in [1.807, 2.05) is 60.7 Å². The van der Waals surface area contributed by atoms with Crippen LogP contribution in [0.25, 0.3) is 0 Å². The van der Waals surface area contributed by atoms with Crippen LogP contribution >= 0.6 is 0 Å². The molecule has 2 aromatic rings. The molecule has 2 rings (SSSR count). The summed E-state index contributed by atoms with van der Waals surface area (Å²) in [6.45, 7) is 0. The number of carbonyl (C=O) groups excluding carboxylic acids is 1. The maximum absolute atomic E-state index is 11.2. The number of carboxylic acid groups (broad SMARTS) is 1. The van der Waals surface area contributed by atoms with E-state index in [9.17, 15) is 9.90 Å².